The molecular formula is C16H28. The van der Waals surface area contributed by atoms with E-state index in [4.69, 9.17) is 0 Å². The first kappa shape index (κ1) is 15.2. The standard InChI is InChI=1S/C16H28/c1-3-5-7-9-11-13-15-16-14-12-10-8-6-4-2/h9-12,15-16H,3-8,13-14H2,1-2H3/b11-9+,12-10+,16-15+. The van der Waals surface area contributed by atoms with Crippen LogP contribution in [0.4, 0.5) is 0 Å². The molecule has 0 aromatic heterocycles. The van der Waals surface area contributed by atoms with Gasteiger partial charge in [0.05, 0.1) is 0 Å². The van der Waals surface area contributed by atoms with E-state index in [2.05, 4.69) is 50.3 Å². The molecule has 0 saturated carbocycles. The fraction of sp³-hybridized carbons (Fsp3) is 0.625. The highest BCUT2D eigenvalue weighted by atomic mass is 13.8. The summed E-state index contributed by atoms with van der Waals surface area (Å²) in [5.41, 5.74) is 0. The molecule has 0 aliphatic rings. The minimum absolute atomic E-state index is 1.09. The van der Waals surface area contributed by atoms with Crippen LogP contribution in [0.3, 0.4) is 0 Å². The van der Waals surface area contributed by atoms with Crippen LogP contribution >= 0.6 is 0 Å². The minimum atomic E-state index is 1.09. The number of rotatable bonds is 10. The Bertz CT molecular complexity index is 174. The van der Waals surface area contributed by atoms with Gasteiger partial charge in [-0.1, -0.05) is 76.0 Å². The molecule has 0 amide bonds. The Hall–Kier alpha value is -0.780. The maximum absolute atomic E-state index is 2.30. The van der Waals surface area contributed by atoms with Gasteiger partial charge >= 0.3 is 0 Å². The largest absolute Gasteiger partial charge is 0.0882 e. The molecule has 0 unspecified atom stereocenters. The van der Waals surface area contributed by atoms with Crippen LogP contribution in [0, 0.1) is 0 Å². The normalized spacial score (nSPS) is 12.4. The molecule has 92 valence electrons. The van der Waals surface area contributed by atoms with Gasteiger partial charge in [-0.25, -0.2) is 0 Å². The van der Waals surface area contributed by atoms with Crippen molar-refractivity contribution < 1.29 is 0 Å². The van der Waals surface area contributed by atoms with Crippen molar-refractivity contribution in [2.75, 3.05) is 0 Å². The molecule has 16 heavy (non-hydrogen) atoms. The molecule has 0 atom stereocenters. The molecule has 0 nitrogen and oxygen atoms in total. The van der Waals surface area contributed by atoms with E-state index >= 15 is 0 Å². The molecule has 0 aliphatic heterocycles. The van der Waals surface area contributed by atoms with Gasteiger partial charge in [0.25, 0.3) is 0 Å². The third-order valence-electron chi connectivity index (χ3n) is 2.49. The van der Waals surface area contributed by atoms with Crippen molar-refractivity contribution in [1.82, 2.24) is 0 Å². The van der Waals surface area contributed by atoms with Crippen LogP contribution < -0.4 is 0 Å². The van der Waals surface area contributed by atoms with E-state index < -0.39 is 0 Å². The summed E-state index contributed by atoms with van der Waals surface area (Å²) in [5, 5.41) is 0. The Kier molecular flexibility index (Phi) is 13.5. The molecule has 0 aromatic carbocycles. The Morgan fingerprint density at radius 2 is 0.938 bits per heavy atom. The van der Waals surface area contributed by atoms with Crippen molar-refractivity contribution in [3.05, 3.63) is 36.5 Å². The summed E-state index contributed by atoms with van der Waals surface area (Å²) < 4.78 is 0. The highest BCUT2D eigenvalue weighted by Gasteiger charge is 1.78. The molecule has 0 heterocycles. The SMILES string of the molecule is CCCC/C=C/C/C=C/C/C=C/CCCC. The Labute approximate surface area is 102 Å². The zero-order chi connectivity index (χ0) is 11.9. The second-order valence-corrected chi connectivity index (χ2v) is 4.17. The highest BCUT2D eigenvalue weighted by Crippen LogP contribution is 1.99. The first-order valence-corrected chi connectivity index (χ1v) is 6.86. The molecule has 0 saturated heterocycles. The van der Waals surface area contributed by atoms with E-state index in [-0.39, 0.29) is 0 Å². The third kappa shape index (κ3) is 13.2. The van der Waals surface area contributed by atoms with E-state index in [1.807, 2.05) is 0 Å². The zero-order valence-electron chi connectivity index (χ0n) is 11.1. The molecule has 0 bridgehead atoms. The fourth-order valence-corrected chi connectivity index (χ4v) is 1.42. The van der Waals surface area contributed by atoms with Crippen molar-refractivity contribution in [2.24, 2.45) is 0 Å². The first-order valence-electron chi connectivity index (χ1n) is 6.86. The highest BCUT2D eigenvalue weighted by molar-refractivity contribution is 4.97. The summed E-state index contributed by atoms with van der Waals surface area (Å²) >= 11 is 0. The predicted molar refractivity (Wildman–Crippen MR) is 75.7 cm³/mol. The quantitative estimate of drug-likeness (QED) is 0.321. The monoisotopic (exact) mass is 220 g/mol. The van der Waals surface area contributed by atoms with E-state index in [0.29, 0.717) is 0 Å². The minimum Gasteiger partial charge on any atom is -0.0882 e. The van der Waals surface area contributed by atoms with Crippen LogP contribution in [0.15, 0.2) is 36.5 Å². The van der Waals surface area contributed by atoms with Gasteiger partial charge in [-0.15, -0.1) is 0 Å². The second kappa shape index (κ2) is 14.2. The van der Waals surface area contributed by atoms with Gasteiger partial charge in [-0.3, -0.25) is 0 Å². The van der Waals surface area contributed by atoms with Gasteiger partial charge in [0.1, 0.15) is 0 Å². The zero-order valence-corrected chi connectivity index (χ0v) is 11.1. The van der Waals surface area contributed by atoms with E-state index in [1.165, 1.54) is 38.5 Å². The average molecular weight is 220 g/mol. The van der Waals surface area contributed by atoms with Crippen molar-refractivity contribution in [1.29, 1.82) is 0 Å². The Morgan fingerprint density at radius 3 is 1.31 bits per heavy atom. The van der Waals surface area contributed by atoms with Crippen LogP contribution in [-0.4, -0.2) is 0 Å². The summed E-state index contributed by atoms with van der Waals surface area (Å²) in [6.07, 6.45) is 23.5. The smallest absolute Gasteiger partial charge is 0.0169 e. The molecule has 0 rings (SSSR count). The second-order valence-electron chi connectivity index (χ2n) is 4.17. The van der Waals surface area contributed by atoms with Gasteiger partial charge in [-0.2, -0.15) is 0 Å². The number of hydrogen-bond acceptors (Lipinski definition) is 0. The summed E-state index contributed by atoms with van der Waals surface area (Å²) in [4.78, 5) is 0. The lowest BCUT2D eigenvalue weighted by molar-refractivity contribution is 0.813. The first-order chi connectivity index (χ1) is 7.91. The molecule has 0 aromatic rings. The maximum atomic E-state index is 2.30. The van der Waals surface area contributed by atoms with Gasteiger partial charge in [-0.05, 0) is 25.7 Å². The molecule has 0 aliphatic carbocycles. The van der Waals surface area contributed by atoms with Crippen LogP contribution in [0.25, 0.3) is 0 Å². The summed E-state index contributed by atoms with van der Waals surface area (Å²) in [6, 6.07) is 0. The molecular weight excluding hydrogens is 192 g/mol. The van der Waals surface area contributed by atoms with E-state index in [9.17, 15) is 0 Å². The van der Waals surface area contributed by atoms with Crippen molar-refractivity contribution in [3.63, 3.8) is 0 Å². The van der Waals surface area contributed by atoms with E-state index in [1.54, 1.807) is 0 Å². The third-order valence-corrected chi connectivity index (χ3v) is 2.49. The lowest BCUT2D eigenvalue weighted by Gasteiger charge is -1.88. The number of allylic oxidation sites excluding steroid dienone is 6. The van der Waals surface area contributed by atoms with Crippen molar-refractivity contribution in [3.8, 4) is 0 Å². The van der Waals surface area contributed by atoms with Crippen LogP contribution in [0.2, 0.25) is 0 Å². The van der Waals surface area contributed by atoms with Crippen LogP contribution in [-0.2, 0) is 0 Å². The maximum Gasteiger partial charge on any atom is -0.0169 e. The summed E-state index contributed by atoms with van der Waals surface area (Å²) in [6.45, 7) is 4.47. The van der Waals surface area contributed by atoms with Gasteiger partial charge in [0.2, 0.25) is 0 Å². The fourth-order valence-electron chi connectivity index (χ4n) is 1.42. The van der Waals surface area contributed by atoms with Crippen LogP contribution in [0.5, 0.6) is 0 Å². The number of unbranched alkanes of at least 4 members (excludes halogenated alkanes) is 4. The Balaban J connectivity index is 3.27. The molecule has 0 N–H and O–H groups in total. The van der Waals surface area contributed by atoms with Gasteiger partial charge in [0, 0.05) is 0 Å². The molecule has 0 fully saturated rings. The lowest BCUT2D eigenvalue weighted by Crippen LogP contribution is -1.68. The average Bonchev–Trinajstić information content (AvgIpc) is 2.31. The number of hydrogen-bond donors (Lipinski definition) is 0. The summed E-state index contributed by atoms with van der Waals surface area (Å²) in [7, 11) is 0. The topological polar surface area (TPSA) is 0 Å². The van der Waals surface area contributed by atoms with Crippen molar-refractivity contribution >= 4 is 0 Å². The van der Waals surface area contributed by atoms with E-state index in [0.717, 1.165) is 12.8 Å². The molecule has 0 heteroatoms. The van der Waals surface area contributed by atoms with Gasteiger partial charge < -0.3 is 0 Å². The van der Waals surface area contributed by atoms with Gasteiger partial charge in [0.15, 0.2) is 0 Å². The Morgan fingerprint density at radius 1 is 0.562 bits per heavy atom. The molecule has 0 radical (unpaired) electrons. The van der Waals surface area contributed by atoms with Crippen molar-refractivity contribution in [2.45, 2.75) is 65.2 Å². The lowest BCUT2D eigenvalue weighted by atomic mass is 10.2. The van der Waals surface area contributed by atoms with Crippen LogP contribution in [0.1, 0.15) is 65.2 Å². The molecule has 0 spiro atoms. The predicted octanol–water partition coefficient (Wildman–Crippen LogP) is 5.82. The summed E-state index contributed by atoms with van der Waals surface area (Å²) in [5.74, 6) is 0.